The number of nitrogens with zero attached hydrogens (tertiary/aromatic N) is 2. The summed E-state index contributed by atoms with van der Waals surface area (Å²) in [6.07, 6.45) is 2.21. The summed E-state index contributed by atoms with van der Waals surface area (Å²) in [5.41, 5.74) is 3.26. The molecule has 1 fully saturated rings. The third-order valence-electron chi connectivity index (χ3n) is 5.27. The van der Waals surface area contributed by atoms with E-state index in [0.717, 1.165) is 48.7 Å². The molecule has 1 heterocycles. The second-order valence-corrected chi connectivity index (χ2v) is 7.72. The molecule has 0 aromatic heterocycles. The van der Waals surface area contributed by atoms with Crippen molar-refractivity contribution in [2.75, 3.05) is 27.3 Å². The van der Waals surface area contributed by atoms with E-state index in [1.54, 1.807) is 31.3 Å². The Bertz CT molecular complexity index is 839. The molecule has 2 aromatic rings. The Balaban J connectivity index is 1.44. The van der Waals surface area contributed by atoms with Crippen molar-refractivity contribution in [1.29, 1.82) is 0 Å². The van der Waals surface area contributed by atoms with Crippen LogP contribution in [0.25, 0.3) is 0 Å². The minimum atomic E-state index is -2.82. The van der Waals surface area contributed by atoms with Gasteiger partial charge in [-0.05, 0) is 41.7 Å². The summed E-state index contributed by atoms with van der Waals surface area (Å²) in [6.45, 7) is 0.577. The largest absolute Gasteiger partial charge is 0.435 e. The van der Waals surface area contributed by atoms with Crippen LogP contribution in [-0.4, -0.2) is 50.9 Å². The van der Waals surface area contributed by atoms with Gasteiger partial charge >= 0.3 is 6.61 Å². The highest BCUT2D eigenvalue weighted by molar-refractivity contribution is 5.79. The summed E-state index contributed by atoms with van der Waals surface area (Å²) in [7, 11) is 3.66. The van der Waals surface area contributed by atoms with Crippen molar-refractivity contribution in [2.45, 2.75) is 45.3 Å². The lowest BCUT2D eigenvalue weighted by atomic mass is 10.1. The lowest BCUT2D eigenvalue weighted by molar-refractivity contribution is -0.0498. The Morgan fingerprint density at radius 1 is 1.06 bits per heavy atom. The summed E-state index contributed by atoms with van der Waals surface area (Å²) in [4.78, 5) is 6.30. The van der Waals surface area contributed by atoms with Gasteiger partial charge in [-0.1, -0.05) is 36.4 Å². The molecule has 0 saturated carbocycles. The molecule has 0 atom stereocenters. The molecular formula is C24H31F2N3O3. The summed E-state index contributed by atoms with van der Waals surface area (Å²) >= 11 is 0. The third kappa shape index (κ3) is 7.76. The molecular weight excluding hydrogens is 416 g/mol. The average Bonchev–Trinajstić information content (AvgIpc) is 2.80. The molecule has 6 nitrogen and oxygen atoms in total. The Labute approximate surface area is 188 Å². The molecule has 0 spiro atoms. The lowest BCUT2D eigenvalue weighted by Gasteiger charge is -2.23. The van der Waals surface area contributed by atoms with Crippen LogP contribution in [0.3, 0.4) is 0 Å². The van der Waals surface area contributed by atoms with Gasteiger partial charge in [0.1, 0.15) is 5.75 Å². The molecule has 3 rings (SSSR count). The Morgan fingerprint density at radius 2 is 1.69 bits per heavy atom. The second kappa shape index (κ2) is 12.4. The van der Waals surface area contributed by atoms with Gasteiger partial charge in [0, 0.05) is 40.4 Å². The standard InChI is InChI=1S/C24H31F2N3O3/c1-27-24(29(2)16-19-7-9-22(10-8-19)32-23(25)26)28-15-18-3-5-20(6-4-18)17-31-21-11-13-30-14-12-21/h3-10,21,23H,11-17H2,1-2H3,(H,27,28). The Kier molecular flexibility index (Phi) is 9.25. The summed E-state index contributed by atoms with van der Waals surface area (Å²) < 4.78 is 40.3. The Morgan fingerprint density at radius 3 is 2.31 bits per heavy atom. The zero-order valence-electron chi connectivity index (χ0n) is 18.6. The number of alkyl halides is 2. The van der Waals surface area contributed by atoms with E-state index < -0.39 is 6.61 Å². The predicted molar refractivity (Wildman–Crippen MR) is 120 cm³/mol. The van der Waals surface area contributed by atoms with Crippen molar-refractivity contribution in [3.8, 4) is 5.75 Å². The molecule has 1 saturated heterocycles. The molecule has 0 radical (unpaired) electrons. The number of nitrogens with one attached hydrogen (secondary N) is 1. The number of halogens is 2. The Hall–Kier alpha value is -2.71. The predicted octanol–water partition coefficient (Wildman–Crippen LogP) is 4.19. The van der Waals surface area contributed by atoms with Crippen molar-refractivity contribution in [3.63, 3.8) is 0 Å². The highest BCUT2D eigenvalue weighted by Crippen LogP contribution is 2.16. The maximum absolute atomic E-state index is 12.3. The van der Waals surface area contributed by atoms with E-state index in [1.807, 2.05) is 11.9 Å². The number of guanidine groups is 1. The SMILES string of the molecule is CN=C(NCc1ccc(COC2CCOCC2)cc1)N(C)Cc1ccc(OC(F)F)cc1. The molecule has 1 aliphatic heterocycles. The molecule has 8 heteroatoms. The van der Waals surface area contributed by atoms with Crippen molar-refractivity contribution < 1.29 is 23.0 Å². The van der Waals surface area contributed by atoms with E-state index in [1.165, 1.54) is 0 Å². The number of hydrogen-bond donors (Lipinski definition) is 1. The van der Waals surface area contributed by atoms with Crippen molar-refractivity contribution >= 4 is 5.96 Å². The van der Waals surface area contributed by atoms with Crippen LogP contribution in [0.2, 0.25) is 0 Å². The van der Waals surface area contributed by atoms with Gasteiger partial charge < -0.3 is 24.4 Å². The van der Waals surface area contributed by atoms with Gasteiger partial charge in [-0.15, -0.1) is 0 Å². The molecule has 0 bridgehead atoms. The van der Waals surface area contributed by atoms with Gasteiger partial charge in [-0.25, -0.2) is 0 Å². The van der Waals surface area contributed by atoms with Gasteiger partial charge in [-0.3, -0.25) is 4.99 Å². The van der Waals surface area contributed by atoms with E-state index >= 15 is 0 Å². The van der Waals surface area contributed by atoms with Gasteiger partial charge in [0.25, 0.3) is 0 Å². The first kappa shape index (κ1) is 23.9. The molecule has 1 aliphatic rings. The highest BCUT2D eigenvalue weighted by atomic mass is 19.3. The second-order valence-electron chi connectivity index (χ2n) is 7.72. The molecule has 174 valence electrons. The van der Waals surface area contributed by atoms with Crippen molar-refractivity contribution in [2.24, 2.45) is 4.99 Å². The van der Waals surface area contributed by atoms with E-state index in [9.17, 15) is 8.78 Å². The topological polar surface area (TPSA) is 55.3 Å². The van der Waals surface area contributed by atoms with E-state index in [4.69, 9.17) is 9.47 Å². The highest BCUT2D eigenvalue weighted by Gasteiger charge is 2.14. The zero-order chi connectivity index (χ0) is 22.8. The fraction of sp³-hybridized carbons (Fsp3) is 0.458. The van der Waals surface area contributed by atoms with Crippen LogP contribution in [0.1, 0.15) is 29.5 Å². The summed E-state index contributed by atoms with van der Waals surface area (Å²) in [6, 6.07) is 15.0. The first-order valence-electron chi connectivity index (χ1n) is 10.8. The fourth-order valence-electron chi connectivity index (χ4n) is 3.50. The first-order valence-corrected chi connectivity index (χ1v) is 10.8. The van der Waals surface area contributed by atoms with Gasteiger partial charge in [0.15, 0.2) is 5.96 Å². The van der Waals surface area contributed by atoms with Gasteiger partial charge in [0.05, 0.1) is 12.7 Å². The van der Waals surface area contributed by atoms with Crippen molar-refractivity contribution in [3.05, 3.63) is 65.2 Å². The molecule has 0 aliphatic carbocycles. The van der Waals surface area contributed by atoms with E-state index in [0.29, 0.717) is 19.7 Å². The van der Waals surface area contributed by atoms with Crippen LogP contribution >= 0.6 is 0 Å². The number of ether oxygens (including phenoxy) is 3. The molecule has 32 heavy (non-hydrogen) atoms. The maximum atomic E-state index is 12.3. The average molecular weight is 448 g/mol. The van der Waals surface area contributed by atoms with E-state index in [2.05, 4.69) is 39.3 Å². The molecule has 0 unspecified atom stereocenters. The monoisotopic (exact) mass is 447 g/mol. The van der Waals surface area contributed by atoms with Crippen LogP contribution < -0.4 is 10.1 Å². The minimum Gasteiger partial charge on any atom is -0.435 e. The number of hydrogen-bond acceptors (Lipinski definition) is 4. The number of rotatable bonds is 9. The lowest BCUT2D eigenvalue weighted by Crippen LogP contribution is -2.38. The molecule has 1 N–H and O–H groups in total. The third-order valence-corrected chi connectivity index (χ3v) is 5.27. The number of benzene rings is 2. The fourth-order valence-corrected chi connectivity index (χ4v) is 3.50. The zero-order valence-corrected chi connectivity index (χ0v) is 18.6. The molecule has 2 aromatic carbocycles. The van der Waals surface area contributed by atoms with E-state index in [-0.39, 0.29) is 11.9 Å². The minimum absolute atomic E-state index is 0.149. The van der Waals surface area contributed by atoms with Crippen LogP contribution in [0, 0.1) is 0 Å². The summed E-state index contributed by atoms with van der Waals surface area (Å²) in [5.74, 6) is 0.889. The first-order chi connectivity index (χ1) is 15.5. The smallest absolute Gasteiger partial charge is 0.387 e. The maximum Gasteiger partial charge on any atom is 0.387 e. The van der Waals surface area contributed by atoms with Crippen LogP contribution in [0.5, 0.6) is 5.75 Å². The number of aliphatic imine (C=N–C) groups is 1. The van der Waals surface area contributed by atoms with Crippen LogP contribution in [0.15, 0.2) is 53.5 Å². The van der Waals surface area contributed by atoms with Gasteiger partial charge in [-0.2, -0.15) is 8.78 Å². The quantitative estimate of drug-likeness (QED) is 0.462. The van der Waals surface area contributed by atoms with Gasteiger partial charge in [0.2, 0.25) is 0 Å². The summed E-state index contributed by atoms with van der Waals surface area (Å²) in [5, 5.41) is 3.35. The molecule has 0 amide bonds. The van der Waals surface area contributed by atoms with Crippen molar-refractivity contribution in [1.82, 2.24) is 10.2 Å². The normalized spacial score (nSPS) is 15.1. The van der Waals surface area contributed by atoms with Crippen LogP contribution in [-0.2, 0) is 29.2 Å². The van der Waals surface area contributed by atoms with Crippen LogP contribution in [0.4, 0.5) is 8.78 Å².